The first-order valence-electron chi connectivity index (χ1n) is 11.4. The highest BCUT2D eigenvalue weighted by Gasteiger charge is 2.23. The van der Waals surface area contributed by atoms with Gasteiger partial charge in [-0.15, -0.1) is 0 Å². The lowest BCUT2D eigenvalue weighted by Crippen LogP contribution is -2.29. The van der Waals surface area contributed by atoms with E-state index in [0.717, 1.165) is 47.6 Å². The summed E-state index contributed by atoms with van der Waals surface area (Å²) in [4.78, 5) is 26.5. The Kier molecular flexibility index (Phi) is 9.11. The number of carbonyl (C=O) groups is 1. The first-order valence-corrected chi connectivity index (χ1v) is 12.2. The standard InChI is InChI=1S/C26H37BrN2O2/c1-8-9-10-11-15-29-18(6)22(25(30)23(27)19(29)7)26(31)28-24-20(16(2)3)13-12-14-21(24)17(4)5/h12-14,16-17H,8-11,15H2,1-7H3,(H,28,31). The van der Waals surface area contributed by atoms with E-state index in [0.29, 0.717) is 4.47 Å². The van der Waals surface area contributed by atoms with E-state index in [1.807, 2.05) is 19.9 Å². The van der Waals surface area contributed by atoms with Crippen molar-refractivity contribution in [3.05, 3.63) is 61.0 Å². The molecule has 0 unspecified atom stereocenters. The molecule has 0 aliphatic heterocycles. The van der Waals surface area contributed by atoms with Crippen molar-refractivity contribution < 1.29 is 4.79 Å². The Balaban J connectivity index is 2.52. The van der Waals surface area contributed by atoms with Gasteiger partial charge < -0.3 is 9.88 Å². The third-order valence-electron chi connectivity index (χ3n) is 5.99. The second-order valence-electron chi connectivity index (χ2n) is 8.98. The molecule has 170 valence electrons. The van der Waals surface area contributed by atoms with Crippen molar-refractivity contribution in [1.29, 1.82) is 0 Å². The predicted octanol–water partition coefficient (Wildman–Crippen LogP) is 7.31. The number of para-hydroxylation sites is 1. The van der Waals surface area contributed by atoms with Crippen molar-refractivity contribution >= 4 is 27.5 Å². The highest BCUT2D eigenvalue weighted by atomic mass is 79.9. The molecule has 0 saturated heterocycles. The van der Waals surface area contributed by atoms with Crippen molar-refractivity contribution in [1.82, 2.24) is 4.57 Å². The number of rotatable bonds is 9. The first-order chi connectivity index (χ1) is 14.6. The number of benzene rings is 1. The van der Waals surface area contributed by atoms with Crippen molar-refractivity contribution in [2.24, 2.45) is 0 Å². The number of pyridine rings is 1. The topological polar surface area (TPSA) is 51.1 Å². The molecule has 1 N–H and O–H groups in total. The first kappa shape index (κ1) is 25.4. The average molecular weight is 489 g/mol. The molecular weight excluding hydrogens is 452 g/mol. The van der Waals surface area contributed by atoms with Gasteiger partial charge >= 0.3 is 0 Å². The molecular formula is C26H37BrN2O2. The summed E-state index contributed by atoms with van der Waals surface area (Å²) in [7, 11) is 0. The Morgan fingerprint density at radius 1 is 1.00 bits per heavy atom. The van der Waals surface area contributed by atoms with Crippen LogP contribution in [-0.2, 0) is 6.54 Å². The minimum Gasteiger partial charge on any atom is -0.347 e. The lowest BCUT2D eigenvalue weighted by Gasteiger charge is -2.22. The van der Waals surface area contributed by atoms with Crippen molar-refractivity contribution in [3.63, 3.8) is 0 Å². The molecule has 0 fully saturated rings. The SMILES string of the molecule is CCCCCCn1c(C)c(Br)c(=O)c(C(=O)Nc2c(C(C)C)cccc2C(C)C)c1C. The molecule has 1 amide bonds. The van der Waals surface area contributed by atoms with E-state index in [9.17, 15) is 9.59 Å². The number of unbranched alkanes of at least 4 members (excludes halogenated alkanes) is 3. The van der Waals surface area contributed by atoms with Crippen LogP contribution in [-0.4, -0.2) is 10.5 Å². The van der Waals surface area contributed by atoms with Gasteiger partial charge in [-0.25, -0.2) is 0 Å². The zero-order valence-electron chi connectivity index (χ0n) is 20.1. The van der Waals surface area contributed by atoms with Crippen LogP contribution in [0.1, 0.15) is 105 Å². The fraction of sp³-hybridized carbons (Fsp3) is 0.538. The maximum Gasteiger partial charge on any atom is 0.261 e. The van der Waals surface area contributed by atoms with Crippen LogP contribution in [0.5, 0.6) is 0 Å². The average Bonchev–Trinajstić information content (AvgIpc) is 2.71. The lowest BCUT2D eigenvalue weighted by molar-refractivity contribution is 0.102. The molecule has 0 radical (unpaired) electrons. The third-order valence-corrected chi connectivity index (χ3v) is 6.92. The maximum absolute atomic E-state index is 13.5. The smallest absolute Gasteiger partial charge is 0.261 e. The summed E-state index contributed by atoms with van der Waals surface area (Å²) >= 11 is 3.45. The van der Waals surface area contributed by atoms with E-state index in [4.69, 9.17) is 0 Å². The van der Waals surface area contributed by atoms with E-state index in [1.54, 1.807) is 0 Å². The van der Waals surface area contributed by atoms with Gasteiger partial charge in [0.2, 0.25) is 5.43 Å². The van der Waals surface area contributed by atoms with Crippen LogP contribution >= 0.6 is 15.9 Å². The molecule has 0 bridgehead atoms. The van der Waals surface area contributed by atoms with Crippen LogP contribution in [0, 0.1) is 13.8 Å². The predicted molar refractivity (Wildman–Crippen MR) is 135 cm³/mol. The molecule has 0 atom stereocenters. The van der Waals surface area contributed by atoms with E-state index >= 15 is 0 Å². The molecule has 31 heavy (non-hydrogen) atoms. The van der Waals surface area contributed by atoms with Gasteiger partial charge in [-0.3, -0.25) is 9.59 Å². The summed E-state index contributed by atoms with van der Waals surface area (Å²) in [6.45, 7) is 15.3. The fourth-order valence-electron chi connectivity index (χ4n) is 4.11. The van der Waals surface area contributed by atoms with E-state index in [2.05, 4.69) is 72.6 Å². The molecule has 4 nitrogen and oxygen atoms in total. The highest BCUT2D eigenvalue weighted by Crippen LogP contribution is 2.33. The molecule has 1 aromatic heterocycles. The summed E-state index contributed by atoms with van der Waals surface area (Å²) in [5.41, 5.74) is 4.59. The van der Waals surface area contributed by atoms with Gasteiger partial charge in [0.1, 0.15) is 5.56 Å². The van der Waals surface area contributed by atoms with E-state index in [-0.39, 0.29) is 28.7 Å². The number of carbonyl (C=O) groups excluding carboxylic acids is 1. The van der Waals surface area contributed by atoms with Gasteiger partial charge in [-0.1, -0.05) is 72.1 Å². The van der Waals surface area contributed by atoms with Crippen LogP contribution in [0.2, 0.25) is 0 Å². The number of hydrogen-bond acceptors (Lipinski definition) is 2. The zero-order chi connectivity index (χ0) is 23.3. The van der Waals surface area contributed by atoms with E-state index < -0.39 is 0 Å². The number of anilines is 1. The minimum atomic E-state index is -0.333. The Morgan fingerprint density at radius 2 is 1.58 bits per heavy atom. The number of nitrogens with one attached hydrogen (secondary N) is 1. The van der Waals surface area contributed by atoms with Crippen LogP contribution in [0.25, 0.3) is 0 Å². The molecule has 0 aliphatic rings. The molecule has 0 aliphatic carbocycles. The number of halogens is 1. The van der Waals surface area contributed by atoms with Crippen LogP contribution in [0.15, 0.2) is 27.5 Å². The monoisotopic (exact) mass is 488 g/mol. The third kappa shape index (κ3) is 5.68. The fourth-order valence-corrected chi connectivity index (χ4v) is 4.53. The summed E-state index contributed by atoms with van der Waals surface area (Å²) in [5.74, 6) is 0.186. The summed E-state index contributed by atoms with van der Waals surface area (Å²) < 4.78 is 2.58. The minimum absolute atomic E-state index is 0.223. The lowest BCUT2D eigenvalue weighted by atomic mass is 9.92. The molecule has 2 aromatic rings. The highest BCUT2D eigenvalue weighted by molar-refractivity contribution is 9.10. The van der Waals surface area contributed by atoms with Gasteiger partial charge in [0, 0.05) is 23.6 Å². The van der Waals surface area contributed by atoms with Crippen LogP contribution in [0.3, 0.4) is 0 Å². The number of nitrogens with zero attached hydrogens (tertiary/aromatic N) is 1. The van der Waals surface area contributed by atoms with Gasteiger partial charge in [0.05, 0.1) is 4.47 Å². The summed E-state index contributed by atoms with van der Waals surface area (Å²) in [6.07, 6.45) is 4.53. The Bertz CT molecular complexity index is 964. The van der Waals surface area contributed by atoms with Gasteiger partial charge in [-0.05, 0) is 59.2 Å². The molecule has 0 saturated carbocycles. The van der Waals surface area contributed by atoms with Crippen molar-refractivity contribution in [3.8, 4) is 0 Å². The second kappa shape index (κ2) is 11.1. The molecule has 1 aromatic carbocycles. The molecule has 0 spiro atoms. The second-order valence-corrected chi connectivity index (χ2v) is 9.77. The van der Waals surface area contributed by atoms with Crippen LogP contribution in [0.4, 0.5) is 5.69 Å². The molecule has 2 rings (SSSR count). The number of amides is 1. The maximum atomic E-state index is 13.5. The van der Waals surface area contributed by atoms with Gasteiger partial charge in [0.25, 0.3) is 5.91 Å². The van der Waals surface area contributed by atoms with Gasteiger partial charge in [0.15, 0.2) is 0 Å². The van der Waals surface area contributed by atoms with Crippen molar-refractivity contribution in [2.45, 2.75) is 92.5 Å². The Morgan fingerprint density at radius 3 is 2.10 bits per heavy atom. The van der Waals surface area contributed by atoms with E-state index in [1.165, 1.54) is 12.8 Å². The number of hydrogen-bond donors (Lipinski definition) is 1. The van der Waals surface area contributed by atoms with Crippen LogP contribution < -0.4 is 10.7 Å². The summed E-state index contributed by atoms with van der Waals surface area (Å²) in [6, 6.07) is 6.14. The Labute approximate surface area is 195 Å². The molecule has 1 heterocycles. The van der Waals surface area contributed by atoms with Crippen molar-refractivity contribution in [2.75, 3.05) is 5.32 Å². The number of aromatic nitrogens is 1. The zero-order valence-corrected chi connectivity index (χ0v) is 21.6. The molecule has 5 heteroatoms. The van der Waals surface area contributed by atoms with Gasteiger partial charge in [-0.2, -0.15) is 0 Å². The largest absolute Gasteiger partial charge is 0.347 e. The Hall–Kier alpha value is -1.88. The normalized spacial score (nSPS) is 11.4. The summed E-state index contributed by atoms with van der Waals surface area (Å²) in [5, 5.41) is 3.12. The quantitative estimate of drug-likeness (QED) is 0.376.